The van der Waals surface area contributed by atoms with Crippen molar-refractivity contribution in [1.82, 2.24) is 19.9 Å². The first-order chi connectivity index (χ1) is 10.1. The second-order valence-corrected chi connectivity index (χ2v) is 4.95. The van der Waals surface area contributed by atoms with Crippen LogP contribution in [-0.4, -0.2) is 46.4 Å². The van der Waals surface area contributed by atoms with Crippen LogP contribution in [0, 0.1) is 0 Å². The van der Waals surface area contributed by atoms with Crippen LogP contribution in [0.3, 0.4) is 0 Å². The predicted octanol–water partition coefficient (Wildman–Crippen LogP) is 1.06. The summed E-state index contributed by atoms with van der Waals surface area (Å²) in [5.41, 5.74) is 7.97. The summed E-state index contributed by atoms with van der Waals surface area (Å²) in [6, 6.07) is 5.31. The van der Waals surface area contributed by atoms with Crippen LogP contribution in [0.2, 0.25) is 0 Å². The number of nitrogens with two attached hydrogens (primary N) is 1. The first-order valence-corrected chi connectivity index (χ1v) is 6.77. The SMILES string of the molecule is CN(C)C(=O)c1ccc(NCCCn2ccnn2)c(N)c1. The topological polar surface area (TPSA) is 89.1 Å². The van der Waals surface area contributed by atoms with Gasteiger partial charge in [-0.2, -0.15) is 0 Å². The Bertz CT molecular complexity index is 594. The second kappa shape index (κ2) is 6.74. The van der Waals surface area contributed by atoms with E-state index in [-0.39, 0.29) is 5.91 Å². The molecule has 0 aliphatic carbocycles. The highest BCUT2D eigenvalue weighted by atomic mass is 16.2. The first-order valence-electron chi connectivity index (χ1n) is 6.77. The van der Waals surface area contributed by atoms with Crippen LogP contribution in [0.4, 0.5) is 11.4 Å². The summed E-state index contributed by atoms with van der Waals surface area (Å²) in [6.45, 7) is 1.56. The van der Waals surface area contributed by atoms with E-state index in [0.29, 0.717) is 11.3 Å². The molecule has 1 aromatic carbocycles. The van der Waals surface area contributed by atoms with Gasteiger partial charge in [0.1, 0.15) is 0 Å². The molecule has 1 heterocycles. The van der Waals surface area contributed by atoms with Crippen molar-refractivity contribution in [3.05, 3.63) is 36.2 Å². The van der Waals surface area contributed by atoms with Gasteiger partial charge in [-0.1, -0.05) is 5.21 Å². The lowest BCUT2D eigenvalue weighted by molar-refractivity contribution is 0.0827. The molecular weight excluding hydrogens is 268 g/mol. The maximum atomic E-state index is 11.8. The third kappa shape index (κ3) is 3.95. The van der Waals surface area contributed by atoms with E-state index in [9.17, 15) is 4.79 Å². The molecule has 1 amide bonds. The summed E-state index contributed by atoms with van der Waals surface area (Å²) < 4.78 is 1.78. The molecule has 0 atom stereocenters. The molecule has 2 aromatic rings. The number of aromatic nitrogens is 3. The second-order valence-electron chi connectivity index (χ2n) is 4.95. The van der Waals surface area contributed by atoms with Gasteiger partial charge in [-0.3, -0.25) is 9.48 Å². The first kappa shape index (κ1) is 14.8. The van der Waals surface area contributed by atoms with E-state index in [1.54, 1.807) is 37.1 Å². The number of nitrogens with zero attached hydrogens (tertiary/aromatic N) is 4. The lowest BCUT2D eigenvalue weighted by Crippen LogP contribution is -2.21. The largest absolute Gasteiger partial charge is 0.397 e. The van der Waals surface area contributed by atoms with E-state index < -0.39 is 0 Å². The number of benzene rings is 1. The Morgan fingerprint density at radius 2 is 2.24 bits per heavy atom. The standard InChI is InChI=1S/C14H20N6O/c1-19(2)14(21)11-4-5-13(12(15)10-11)16-6-3-8-20-9-7-17-18-20/h4-5,7,9-10,16H,3,6,8,15H2,1-2H3. The minimum atomic E-state index is -0.0561. The fourth-order valence-corrected chi connectivity index (χ4v) is 1.93. The lowest BCUT2D eigenvalue weighted by Gasteiger charge is -2.13. The van der Waals surface area contributed by atoms with E-state index >= 15 is 0 Å². The number of anilines is 2. The molecule has 0 bridgehead atoms. The van der Waals surface area contributed by atoms with Gasteiger partial charge in [-0.25, -0.2) is 0 Å². The van der Waals surface area contributed by atoms with Crippen LogP contribution >= 0.6 is 0 Å². The molecule has 3 N–H and O–H groups in total. The number of carbonyl (C=O) groups excluding carboxylic acids is 1. The van der Waals surface area contributed by atoms with Gasteiger partial charge in [0.05, 0.1) is 17.6 Å². The Morgan fingerprint density at radius 1 is 1.43 bits per heavy atom. The van der Waals surface area contributed by atoms with Gasteiger partial charge >= 0.3 is 0 Å². The van der Waals surface area contributed by atoms with Gasteiger partial charge in [0.25, 0.3) is 5.91 Å². The van der Waals surface area contributed by atoms with Crippen molar-refractivity contribution in [2.75, 3.05) is 31.7 Å². The van der Waals surface area contributed by atoms with Crippen LogP contribution in [0.15, 0.2) is 30.6 Å². The van der Waals surface area contributed by atoms with Gasteiger partial charge in [0.15, 0.2) is 0 Å². The van der Waals surface area contributed by atoms with E-state index in [4.69, 9.17) is 5.73 Å². The summed E-state index contributed by atoms with van der Waals surface area (Å²) in [5, 5.41) is 10.9. The lowest BCUT2D eigenvalue weighted by atomic mass is 10.1. The van der Waals surface area contributed by atoms with Gasteiger partial charge in [-0.05, 0) is 24.6 Å². The number of hydrogen-bond acceptors (Lipinski definition) is 5. The minimum Gasteiger partial charge on any atom is -0.397 e. The van der Waals surface area contributed by atoms with E-state index in [2.05, 4.69) is 15.6 Å². The van der Waals surface area contributed by atoms with E-state index in [1.807, 2.05) is 12.3 Å². The van der Waals surface area contributed by atoms with Crippen molar-refractivity contribution in [2.24, 2.45) is 0 Å². The maximum absolute atomic E-state index is 11.8. The van der Waals surface area contributed by atoms with E-state index in [1.165, 1.54) is 4.90 Å². The van der Waals surface area contributed by atoms with Crippen molar-refractivity contribution >= 4 is 17.3 Å². The Labute approximate surface area is 123 Å². The highest BCUT2D eigenvalue weighted by Crippen LogP contribution is 2.20. The number of amides is 1. The maximum Gasteiger partial charge on any atom is 0.253 e. The zero-order valence-electron chi connectivity index (χ0n) is 12.3. The Morgan fingerprint density at radius 3 is 2.86 bits per heavy atom. The van der Waals surface area contributed by atoms with Crippen molar-refractivity contribution in [3.8, 4) is 0 Å². The summed E-state index contributed by atoms with van der Waals surface area (Å²) in [4.78, 5) is 13.4. The monoisotopic (exact) mass is 288 g/mol. The fourth-order valence-electron chi connectivity index (χ4n) is 1.93. The Kier molecular flexibility index (Phi) is 4.76. The Balaban J connectivity index is 1.87. The van der Waals surface area contributed by atoms with Crippen molar-refractivity contribution in [2.45, 2.75) is 13.0 Å². The van der Waals surface area contributed by atoms with Crippen LogP contribution < -0.4 is 11.1 Å². The molecule has 0 unspecified atom stereocenters. The minimum absolute atomic E-state index is 0.0561. The molecule has 0 saturated heterocycles. The van der Waals surface area contributed by atoms with Crippen LogP contribution in [0.5, 0.6) is 0 Å². The zero-order chi connectivity index (χ0) is 15.2. The molecule has 0 aliphatic rings. The van der Waals surface area contributed by atoms with Crippen LogP contribution in [0.25, 0.3) is 0 Å². The summed E-state index contributed by atoms with van der Waals surface area (Å²) in [6.07, 6.45) is 4.39. The van der Waals surface area contributed by atoms with E-state index in [0.717, 1.165) is 25.2 Å². The number of nitrogen functional groups attached to an aromatic ring is 1. The number of nitrogens with one attached hydrogen (secondary N) is 1. The zero-order valence-corrected chi connectivity index (χ0v) is 12.3. The molecule has 0 fully saturated rings. The van der Waals surface area contributed by atoms with Crippen molar-refractivity contribution in [1.29, 1.82) is 0 Å². The molecule has 21 heavy (non-hydrogen) atoms. The summed E-state index contributed by atoms with van der Waals surface area (Å²) >= 11 is 0. The van der Waals surface area contributed by atoms with Gasteiger partial charge in [0, 0.05) is 38.9 Å². The van der Waals surface area contributed by atoms with Gasteiger partial charge < -0.3 is 16.0 Å². The van der Waals surface area contributed by atoms with Gasteiger partial charge in [-0.15, -0.1) is 5.10 Å². The summed E-state index contributed by atoms with van der Waals surface area (Å²) in [7, 11) is 3.43. The average Bonchev–Trinajstić information content (AvgIpc) is 2.97. The number of aryl methyl sites for hydroxylation is 1. The number of carbonyl (C=O) groups is 1. The van der Waals surface area contributed by atoms with Gasteiger partial charge in [0.2, 0.25) is 0 Å². The number of rotatable bonds is 6. The third-order valence-corrected chi connectivity index (χ3v) is 3.06. The Hall–Kier alpha value is -2.57. The van der Waals surface area contributed by atoms with Crippen molar-refractivity contribution < 1.29 is 4.79 Å². The van der Waals surface area contributed by atoms with Crippen LogP contribution in [0.1, 0.15) is 16.8 Å². The molecule has 0 aliphatic heterocycles. The molecule has 112 valence electrons. The molecule has 7 nitrogen and oxygen atoms in total. The third-order valence-electron chi connectivity index (χ3n) is 3.06. The highest BCUT2D eigenvalue weighted by Gasteiger charge is 2.09. The van der Waals surface area contributed by atoms with Crippen LogP contribution in [-0.2, 0) is 6.54 Å². The average molecular weight is 288 g/mol. The molecule has 7 heteroatoms. The molecule has 0 radical (unpaired) electrons. The predicted molar refractivity (Wildman–Crippen MR) is 82.0 cm³/mol. The molecule has 2 rings (SSSR count). The quantitative estimate of drug-likeness (QED) is 0.613. The molecule has 0 saturated carbocycles. The highest BCUT2D eigenvalue weighted by molar-refractivity contribution is 5.95. The molecule has 1 aromatic heterocycles. The summed E-state index contributed by atoms with van der Waals surface area (Å²) in [5.74, 6) is -0.0561. The smallest absolute Gasteiger partial charge is 0.253 e. The fraction of sp³-hybridized carbons (Fsp3) is 0.357. The molecular formula is C14H20N6O. The molecule has 0 spiro atoms. The normalized spacial score (nSPS) is 10.4. The van der Waals surface area contributed by atoms with Crippen molar-refractivity contribution in [3.63, 3.8) is 0 Å². The number of hydrogen-bond donors (Lipinski definition) is 2.